The molecule has 0 aromatic carbocycles. The van der Waals surface area contributed by atoms with Crippen molar-refractivity contribution in [3.8, 4) is 0 Å². The summed E-state index contributed by atoms with van der Waals surface area (Å²) in [6.45, 7) is 0. The number of rotatable bonds is 2. The fourth-order valence-corrected chi connectivity index (χ4v) is 0.143. The normalized spacial score (nSPS) is 7.60. The third-order valence-electron chi connectivity index (χ3n) is 0.368. The van der Waals surface area contributed by atoms with Gasteiger partial charge in [0.15, 0.2) is 0 Å². The Hall–Kier alpha value is 1.13. The zero-order valence-corrected chi connectivity index (χ0v) is 11.0. The van der Waals surface area contributed by atoms with Crippen LogP contribution in [0.1, 0.15) is 1.43 Å². The van der Waals surface area contributed by atoms with Gasteiger partial charge in [-0.25, -0.2) is 9.59 Å². The van der Waals surface area contributed by atoms with Crippen molar-refractivity contribution in [3.05, 3.63) is 12.2 Å². The Morgan fingerprint density at radius 3 is 1.40 bits per heavy atom. The summed E-state index contributed by atoms with van der Waals surface area (Å²) in [5.41, 5.74) is 0. The summed E-state index contributed by atoms with van der Waals surface area (Å²) >= 11 is 0. The molecular formula is C4H5KO4Sb. The van der Waals surface area contributed by atoms with Crippen molar-refractivity contribution >= 4 is 36.4 Å². The van der Waals surface area contributed by atoms with E-state index in [0.717, 1.165) is 0 Å². The molecule has 6 heteroatoms. The topological polar surface area (TPSA) is 74.6 Å². The summed E-state index contributed by atoms with van der Waals surface area (Å²) in [5, 5.41) is 15.6. The van der Waals surface area contributed by atoms with E-state index in [9.17, 15) is 9.59 Å². The number of carboxylic acid groups (broad SMARTS) is 2. The Morgan fingerprint density at radius 1 is 1.10 bits per heavy atom. The quantitative estimate of drug-likeness (QED) is 0.405. The Morgan fingerprint density at radius 2 is 1.30 bits per heavy atom. The molecule has 0 saturated carbocycles. The van der Waals surface area contributed by atoms with Crippen LogP contribution in [0.25, 0.3) is 0 Å². The summed E-state index contributed by atoms with van der Waals surface area (Å²) in [7, 11) is 0. The predicted molar refractivity (Wildman–Crippen MR) is 31.3 cm³/mol. The SMILES string of the molecule is O=C(O)C=CC(=O)O.[H-].[K+].[Sb]. The molecule has 0 rings (SSSR count). The van der Waals surface area contributed by atoms with Gasteiger partial charge in [0, 0.05) is 36.6 Å². The smallest absolute Gasteiger partial charge is 1.00 e. The Kier molecular flexibility index (Phi) is 17.5. The first-order valence-corrected chi connectivity index (χ1v) is 1.77. The van der Waals surface area contributed by atoms with Gasteiger partial charge in [-0.15, -0.1) is 0 Å². The monoisotopic (exact) mass is 277 g/mol. The average Bonchev–Trinajstić information content (AvgIpc) is 1.61. The molecule has 0 aliphatic carbocycles. The van der Waals surface area contributed by atoms with Gasteiger partial charge in [-0.05, 0) is 0 Å². The summed E-state index contributed by atoms with van der Waals surface area (Å²) in [6.07, 6.45) is 1.12. The maximum Gasteiger partial charge on any atom is 1.00 e. The summed E-state index contributed by atoms with van der Waals surface area (Å²) in [6, 6.07) is 0. The van der Waals surface area contributed by atoms with Crippen molar-refractivity contribution in [3.63, 3.8) is 0 Å². The second kappa shape index (κ2) is 10.1. The fraction of sp³-hybridized carbons (Fsp3) is 0. The summed E-state index contributed by atoms with van der Waals surface area (Å²) in [4.78, 5) is 19.1. The molecule has 4 nitrogen and oxygen atoms in total. The molecule has 0 atom stereocenters. The van der Waals surface area contributed by atoms with Gasteiger partial charge in [-0.3, -0.25) is 0 Å². The number of hydrogen-bond acceptors (Lipinski definition) is 2. The number of carbonyl (C=O) groups is 2. The number of aliphatic carboxylic acids is 2. The molecule has 51 valence electrons. The van der Waals surface area contributed by atoms with Crippen molar-refractivity contribution < 1.29 is 72.6 Å². The van der Waals surface area contributed by atoms with Gasteiger partial charge in [0.05, 0.1) is 0 Å². The van der Waals surface area contributed by atoms with Crippen LogP contribution in [0.15, 0.2) is 12.2 Å². The molecule has 0 fully saturated rings. The molecule has 2 N–H and O–H groups in total. The molecule has 0 aliphatic heterocycles. The van der Waals surface area contributed by atoms with E-state index >= 15 is 0 Å². The standard InChI is InChI=1S/C4H4O4.K.Sb.H/c5-3(6)1-2-4(7)8;;;/h1-2H,(H,5,6)(H,7,8);;;/q;+1;;-1. The van der Waals surface area contributed by atoms with Crippen LogP contribution in [0.4, 0.5) is 0 Å². The van der Waals surface area contributed by atoms with Crippen LogP contribution >= 0.6 is 0 Å². The molecule has 0 aliphatic rings. The van der Waals surface area contributed by atoms with Gasteiger partial charge in [0.25, 0.3) is 0 Å². The number of carboxylic acids is 2. The van der Waals surface area contributed by atoms with Crippen molar-refractivity contribution in [1.29, 1.82) is 0 Å². The molecule has 0 heterocycles. The second-order valence-electron chi connectivity index (χ2n) is 1.01. The van der Waals surface area contributed by atoms with E-state index in [4.69, 9.17) is 10.2 Å². The average molecular weight is 278 g/mol. The van der Waals surface area contributed by atoms with Gasteiger partial charge < -0.3 is 11.6 Å². The zero-order chi connectivity index (χ0) is 6.57. The van der Waals surface area contributed by atoms with E-state index in [1.165, 1.54) is 0 Å². The molecule has 0 bridgehead atoms. The van der Waals surface area contributed by atoms with Crippen molar-refractivity contribution in [2.24, 2.45) is 0 Å². The van der Waals surface area contributed by atoms with E-state index in [0.29, 0.717) is 12.2 Å². The van der Waals surface area contributed by atoms with Crippen LogP contribution < -0.4 is 51.4 Å². The molecule has 10 heavy (non-hydrogen) atoms. The molecule has 0 unspecified atom stereocenters. The van der Waals surface area contributed by atoms with Crippen LogP contribution in [0.2, 0.25) is 0 Å². The minimum Gasteiger partial charge on any atom is -1.00 e. The fourth-order valence-electron chi connectivity index (χ4n) is 0.143. The van der Waals surface area contributed by atoms with Crippen molar-refractivity contribution in [2.75, 3.05) is 0 Å². The maximum absolute atomic E-state index is 9.55. The van der Waals surface area contributed by atoms with Gasteiger partial charge in [0.1, 0.15) is 0 Å². The second-order valence-corrected chi connectivity index (χ2v) is 1.01. The van der Waals surface area contributed by atoms with E-state index in [1.54, 1.807) is 0 Å². The van der Waals surface area contributed by atoms with Crippen molar-refractivity contribution in [2.45, 2.75) is 0 Å². The van der Waals surface area contributed by atoms with Crippen LogP contribution in [0.5, 0.6) is 0 Å². The molecule has 0 saturated heterocycles. The maximum atomic E-state index is 9.55. The zero-order valence-electron chi connectivity index (χ0n) is 6.31. The third kappa shape index (κ3) is 16.1. The van der Waals surface area contributed by atoms with E-state index in [2.05, 4.69) is 0 Å². The molecular weight excluding hydrogens is 273 g/mol. The summed E-state index contributed by atoms with van der Waals surface area (Å²) < 4.78 is 0. The third-order valence-corrected chi connectivity index (χ3v) is 0.368. The largest absolute Gasteiger partial charge is 1.00 e. The minimum atomic E-state index is -1.26. The Labute approximate surface area is 119 Å². The van der Waals surface area contributed by atoms with Crippen LogP contribution in [0, 0.1) is 0 Å². The number of hydrogen-bond donors (Lipinski definition) is 2. The minimum absolute atomic E-state index is 0. The van der Waals surface area contributed by atoms with Crippen molar-refractivity contribution in [1.82, 2.24) is 0 Å². The van der Waals surface area contributed by atoms with E-state index < -0.39 is 11.9 Å². The molecule has 0 spiro atoms. The van der Waals surface area contributed by atoms with Gasteiger partial charge in [0.2, 0.25) is 0 Å². The molecule has 0 amide bonds. The first-order valence-electron chi connectivity index (χ1n) is 1.77. The van der Waals surface area contributed by atoms with Gasteiger partial charge in [-0.2, -0.15) is 0 Å². The molecule has 0 aromatic rings. The predicted octanol–water partition coefficient (Wildman–Crippen LogP) is -3.55. The van der Waals surface area contributed by atoms with Gasteiger partial charge in [-0.1, -0.05) is 0 Å². The van der Waals surface area contributed by atoms with Crippen LogP contribution in [0.3, 0.4) is 0 Å². The first kappa shape index (κ1) is 17.3. The van der Waals surface area contributed by atoms with E-state index in [-0.39, 0.29) is 77.2 Å². The molecule has 0 aromatic heterocycles. The van der Waals surface area contributed by atoms with Crippen LogP contribution in [-0.4, -0.2) is 46.6 Å². The first-order chi connectivity index (χ1) is 3.63. The van der Waals surface area contributed by atoms with Gasteiger partial charge >= 0.3 is 63.3 Å². The van der Waals surface area contributed by atoms with E-state index in [1.807, 2.05) is 0 Å². The summed E-state index contributed by atoms with van der Waals surface area (Å²) in [5.74, 6) is -2.51. The molecule has 3 radical (unpaired) electrons. The van der Waals surface area contributed by atoms with Crippen LogP contribution in [-0.2, 0) is 9.59 Å². The Balaban J connectivity index is -0.0000000817. The Bertz CT molecular complexity index is 133.